The Labute approximate surface area is 221 Å². The van der Waals surface area contributed by atoms with Crippen molar-refractivity contribution in [1.29, 1.82) is 0 Å². The molecule has 0 bridgehead atoms. The molecule has 9 nitrogen and oxygen atoms in total. The molecule has 10 heteroatoms. The predicted octanol–water partition coefficient (Wildman–Crippen LogP) is 3.59. The van der Waals surface area contributed by atoms with Crippen LogP contribution in [0.4, 0.5) is 5.69 Å². The summed E-state index contributed by atoms with van der Waals surface area (Å²) in [6.07, 6.45) is 2.65. The number of H-pyrrole nitrogens is 1. The van der Waals surface area contributed by atoms with Gasteiger partial charge in [0.2, 0.25) is 10.0 Å². The van der Waals surface area contributed by atoms with E-state index in [0.717, 1.165) is 34.3 Å². The third kappa shape index (κ3) is 4.34. The highest BCUT2D eigenvalue weighted by atomic mass is 32.2. The van der Waals surface area contributed by atoms with Crippen LogP contribution in [0.3, 0.4) is 0 Å². The zero-order chi connectivity index (χ0) is 27.2. The molecule has 0 radical (unpaired) electrons. The summed E-state index contributed by atoms with van der Waals surface area (Å²) in [5.41, 5.74) is 5.20. The molecule has 1 amide bonds. The van der Waals surface area contributed by atoms with Gasteiger partial charge in [-0.25, -0.2) is 8.42 Å². The molecule has 198 valence electrons. The summed E-state index contributed by atoms with van der Waals surface area (Å²) in [5.74, 6) is 0.0964. The highest BCUT2D eigenvalue weighted by Crippen LogP contribution is 2.37. The van der Waals surface area contributed by atoms with E-state index in [0.29, 0.717) is 41.2 Å². The first-order valence-corrected chi connectivity index (χ1v) is 14.2. The number of rotatable bonds is 6. The summed E-state index contributed by atoms with van der Waals surface area (Å²) in [4.78, 5) is 28.9. The molecule has 0 saturated heterocycles. The van der Waals surface area contributed by atoms with E-state index in [-0.39, 0.29) is 18.0 Å². The highest BCUT2D eigenvalue weighted by Gasteiger charge is 2.28. The molecular weight excluding hydrogens is 504 g/mol. The summed E-state index contributed by atoms with van der Waals surface area (Å²) in [5, 5.41) is 3.66. The minimum Gasteiger partial charge on any atom is -0.496 e. The number of nitrogens with zero attached hydrogens (tertiary/aromatic N) is 2. The Morgan fingerprint density at radius 3 is 2.58 bits per heavy atom. The number of amides is 1. The zero-order valence-corrected chi connectivity index (χ0v) is 22.6. The van der Waals surface area contributed by atoms with E-state index in [4.69, 9.17) is 4.74 Å². The lowest BCUT2D eigenvalue weighted by molar-refractivity contribution is 0.0951. The number of para-hydroxylation sites is 1. The van der Waals surface area contributed by atoms with Gasteiger partial charge in [0.25, 0.3) is 11.5 Å². The third-order valence-electron chi connectivity index (χ3n) is 7.04. The van der Waals surface area contributed by atoms with Crippen LogP contribution in [0.2, 0.25) is 0 Å². The number of pyridine rings is 1. The van der Waals surface area contributed by atoms with Gasteiger partial charge in [0.05, 0.1) is 47.9 Å². The minimum atomic E-state index is -3.42. The van der Waals surface area contributed by atoms with E-state index >= 15 is 0 Å². The Morgan fingerprint density at radius 2 is 1.84 bits per heavy atom. The average molecular weight is 535 g/mol. The number of nitrogens with one attached hydrogen (secondary N) is 2. The normalized spacial score (nSPS) is 13.4. The van der Waals surface area contributed by atoms with Crippen LogP contribution in [0.1, 0.15) is 39.3 Å². The fraction of sp³-hybridized carbons (Fsp3) is 0.286. The topological polar surface area (TPSA) is 114 Å². The van der Waals surface area contributed by atoms with E-state index in [1.165, 1.54) is 17.7 Å². The van der Waals surface area contributed by atoms with E-state index in [1.54, 1.807) is 13.0 Å². The number of benzene rings is 2. The van der Waals surface area contributed by atoms with Gasteiger partial charge in [-0.05, 0) is 51.0 Å². The van der Waals surface area contributed by atoms with E-state index < -0.39 is 10.0 Å². The quantitative estimate of drug-likeness (QED) is 0.393. The molecule has 2 aromatic carbocycles. The number of aromatic nitrogens is 2. The molecule has 4 aromatic rings. The summed E-state index contributed by atoms with van der Waals surface area (Å²) in [6, 6.07) is 15.0. The fourth-order valence-corrected chi connectivity index (χ4v) is 6.37. The smallest absolute Gasteiger partial charge is 0.256 e. The molecule has 0 aliphatic carbocycles. The monoisotopic (exact) mass is 534 g/mol. The lowest BCUT2D eigenvalue weighted by atomic mass is 10.0. The van der Waals surface area contributed by atoms with Gasteiger partial charge >= 0.3 is 0 Å². The van der Waals surface area contributed by atoms with Crippen molar-refractivity contribution < 1.29 is 17.9 Å². The summed E-state index contributed by atoms with van der Waals surface area (Å²) in [7, 11) is -1.93. The molecule has 0 atom stereocenters. The average Bonchev–Trinajstić information content (AvgIpc) is 3.17. The number of carbonyl (C=O) groups is 1. The van der Waals surface area contributed by atoms with Gasteiger partial charge in [-0.2, -0.15) is 0 Å². The van der Waals surface area contributed by atoms with Gasteiger partial charge in [0.15, 0.2) is 0 Å². The van der Waals surface area contributed by atoms with Crippen LogP contribution in [-0.4, -0.2) is 43.8 Å². The maximum atomic E-state index is 13.6. The Bertz CT molecular complexity index is 1740. The Kier molecular flexibility index (Phi) is 6.52. The van der Waals surface area contributed by atoms with Gasteiger partial charge < -0.3 is 19.6 Å². The molecule has 2 N–H and O–H groups in total. The fourth-order valence-electron chi connectivity index (χ4n) is 5.38. The summed E-state index contributed by atoms with van der Waals surface area (Å²) < 4.78 is 33.8. The SMILES string of the molecule is COc1cc(C)[nH]c(=O)c1CNC(=O)c1c(C)n(-c2cccc3c2CCCN3S(C)(=O)=O)c2ccccc12. The Hall–Kier alpha value is -4.05. The molecule has 0 spiro atoms. The number of anilines is 1. The van der Waals surface area contributed by atoms with Crippen molar-refractivity contribution in [2.45, 2.75) is 33.2 Å². The van der Waals surface area contributed by atoms with Crippen molar-refractivity contribution in [1.82, 2.24) is 14.9 Å². The second-order valence-electron chi connectivity index (χ2n) is 9.54. The van der Waals surface area contributed by atoms with E-state index in [9.17, 15) is 18.0 Å². The first-order valence-electron chi connectivity index (χ1n) is 12.4. The standard InChI is InChI=1S/C28H30N4O5S/c1-17-15-25(37-3)21(27(33)30-17)16-29-28(34)26-18(2)32(24-11-6-5-9-20(24)26)23-13-7-12-22-19(23)10-8-14-31(22)38(4,35)36/h5-7,9,11-13,15H,8,10,14,16H2,1-4H3,(H,29,34)(H,30,33). The van der Waals surface area contributed by atoms with Gasteiger partial charge in [0.1, 0.15) is 5.75 Å². The third-order valence-corrected chi connectivity index (χ3v) is 8.22. The molecule has 2 aromatic heterocycles. The van der Waals surface area contributed by atoms with Crippen molar-refractivity contribution in [3.8, 4) is 11.4 Å². The van der Waals surface area contributed by atoms with Crippen molar-refractivity contribution in [2.75, 3.05) is 24.2 Å². The lowest BCUT2D eigenvalue weighted by Gasteiger charge is -2.31. The maximum Gasteiger partial charge on any atom is 0.256 e. The van der Waals surface area contributed by atoms with Crippen LogP contribution in [0, 0.1) is 13.8 Å². The van der Waals surface area contributed by atoms with Crippen molar-refractivity contribution in [2.24, 2.45) is 0 Å². The van der Waals surface area contributed by atoms with Crippen LogP contribution in [-0.2, 0) is 23.0 Å². The largest absolute Gasteiger partial charge is 0.496 e. The number of carbonyl (C=O) groups excluding carboxylic acids is 1. The number of aromatic amines is 1. The summed E-state index contributed by atoms with van der Waals surface area (Å²) >= 11 is 0. The highest BCUT2D eigenvalue weighted by molar-refractivity contribution is 7.92. The molecule has 0 unspecified atom stereocenters. The zero-order valence-electron chi connectivity index (χ0n) is 21.8. The number of hydrogen-bond donors (Lipinski definition) is 2. The van der Waals surface area contributed by atoms with Gasteiger partial charge in [0, 0.05) is 28.9 Å². The maximum absolute atomic E-state index is 13.6. The van der Waals surface area contributed by atoms with Crippen LogP contribution >= 0.6 is 0 Å². The molecule has 5 rings (SSSR count). The first kappa shape index (κ1) is 25.6. The molecule has 0 fully saturated rings. The molecule has 0 saturated carbocycles. The van der Waals surface area contributed by atoms with Gasteiger partial charge in [-0.3, -0.25) is 13.9 Å². The lowest BCUT2D eigenvalue weighted by Crippen LogP contribution is -2.35. The number of aryl methyl sites for hydroxylation is 1. The van der Waals surface area contributed by atoms with E-state index in [2.05, 4.69) is 10.3 Å². The van der Waals surface area contributed by atoms with Crippen molar-refractivity contribution in [3.63, 3.8) is 0 Å². The summed E-state index contributed by atoms with van der Waals surface area (Å²) in [6.45, 7) is 4.09. The molecule has 1 aliphatic heterocycles. The van der Waals surface area contributed by atoms with Crippen molar-refractivity contribution >= 4 is 32.5 Å². The number of ether oxygens (including phenoxy) is 1. The van der Waals surface area contributed by atoms with Crippen LogP contribution in [0.25, 0.3) is 16.6 Å². The van der Waals surface area contributed by atoms with Crippen LogP contribution in [0.15, 0.2) is 53.3 Å². The second kappa shape index (κ2) is 9.68. The molecule has 1 aliphatic rings. The number of sulfonamides is 1. The van der Waals surface area contributed by atoms with E-state index in [1.807, 2.05) is 54.0 Å². The first-order chi connectivity index (χ1) is 18.1. The van der Waals surface area contributed by atoms with Crippen LogP contribution in [0.5, 0.6) is 5.75 Å². The molecule has 38 heavy (non-hydrogen) atoms. The molecular formula is C28H30N4O5S. The Balaban J connectivity index is 1.60. The number of methoxy groups -OCH3 is 1. The second-order valence-corrected chi connectivity index (χ2v) is 11.4. The minimum absolute atomic E-state index is 0.000617. The van der Waals surface area contributed by atoms with Gasteiger partial charge in [-0.15, -0.1) is 0 Å². The number of hydrogen-bond acceptors (Lipinski definition) is 5. The van der Waals surface area contributed by atoms with Crippen molar-refractivity contribution in [3.05, 3.63) is 87.0 Å². The number of fused-ring (bicyclic) bond motifs is 2. The predicted molar refractivity (Wildman–Crippen MR) is 148 cm³/mol. The Morgan fingerprint density at radius 1 is 1.11 bits per heavy atom. The molecule has 3 heterocycles. The van der Waals surface area contributed by atoms with Gasteiger partial charge in [-0.1, -0.05) is 24.3 Å². The van der Waals surface area contributed by atoms with Crippen LogP contribution < -0.4 is 19.9 Å².